The highest BCUT2D eigenvalue weighted by molar-refractivity contribution is 7.10. The van der Waals surface area contributed by atoms with Gasteiger partial charge in [0.1, 0.15) is 12.1 Å². The number of hydrogen-bond donors (Lipinski definition) is 2. The van der Waals surface area contributed by atoms with E-state index in [0.717, 1.165) is 37.3 Å². The van der Waals surface area contributed by atoms with Gasteiger partial charge in [0.05, 0.1) is 19.3 Å². The molecule has 0 aromatic carbocycles. The monoisotopic (exact) mass is 434 g/mol. The van der Waals surface area contributed by atoms with Crippen LogP contribution in [0.25, 0.3) is 0 Å². The third-order valence-electron chi connectivity index (χ3n) is 6.65. The van der Waals surface area contributed by atoms with Gasteiger partial charge in [-0.25, -0.2) is 4.79 Å². The molecule has 30 heavy (non-hydrogen) atoms. The van der Waals surface area contributed by atoms with Crippen LogP contribution >= 0.6 is 11.3 Å². The first-order valence-electron chi connectivity index (χ1n) is 10.8. The van der Waals surface area contributed by atoms with E-state index in [1.54, 1.807) is 11.3 Å². The zero-order chi connectivity index (χ0) is 21.1. The minimum atomic E-state index is -0.830. The molecule has 3 aliphatic rings. The molecule has 4 amide bonds. The Labute approximate surface area is 180 Å². The zero-order valence-corrected chi connectivity index (χ0v) is 18.2. The first-order chi connectivity index (χ1) is 14.5. The maximum Gasteiger partial charge on any atom is 0.325 e. The average molecular weight is 435 g/mol. The molecule has 0 radical (unpaired) electrons. The lowest BCUT2D eigenvalue weighted by molar-refractivity contribution is -0.137. The normalized spacial score (nSPS) is 28.6. The molecule has 3 fully saturated rings. The number of carbonyl (C=O) groups excluding carboxylic acids is 3. The van der Waals surface area contributed by atoms with Gasteiger partial charge in [-0.2, -0.15) is 0 Å². The number of thiophene rings is 1. The van der Waals surface area contributed by atoms with Gasteiger partial charge in [-0.1, -0.05) is 25.8 Å². The second-order valence-corrected chi connectivity index (χ2v) is 9.40. The number of nitrogens with one attached hydrogen (secondary N) is 2. The molecule has 164 valence electrons. The van der Waals surface area contributed by atoms with E-state index < -0.39 is 11.6 Å². The maximum absolute atomic E-state index is 13.1. The number of morpholine rings is 1. The van der Waals surface area contributed by atoms with Gasteiger partial charge in [-0.15, -0.1) is 11.3 Å². The van der Waals surface area contributed by atoms with Crippen molar-refractivity contribution in [2.45, 2.75) is 44.2 Å². The second-order valence-electron chi connectivity index (χ2n) is 8.42. The summed E-state index contributed by atoms with van der Waals surface area (Å²) in [5.74, 6) is -0.480. The molecule has 1 aliphatic carbocycles. The smallest absolute Gasteiger partial charge is 0.325 e. The quantitative estimate of drug-likeness (QED) is 0.666. The minimum absolute atomic E-state index is 0.0608. The Bertz CT molecular complexity index is 780. The molecule has 1 aromatic rings. The molecular weight excluding hydrogens is 404 g/mol. The van der Waals surface area contributed by atoms with Crippen molar-refractivity contribution < 1.29 is 19.1 Å². The van der Waals surface area contributed by atoms with Gasteiger partial charge in [0, 0.05) is 24.5 Å². The Kier molecular flexibility index (Phi) is 6.40. The topological polar surface area (TPSA) is 91.0 Å². The van der Waals surface area contributed by atoms with Gasteiger partial charge in [-0.05, 0) is 30.2 Å². The Morgan fingerprint density at radius 3 is 2.87 bits per heavy atom. The van der Waals surface area contributed by atoms with E-state index in [0.29, 0.717) is 26.2 Å². The van der Waals surface area contributed by atoms with Gasteiger partial charge in [0.2, 0.25) is 5.91 Å². The molecule has 1 aromatic heterocycles. The summed E-state index contributed by atoms with van der Waals surface area (Å²) >= 11 is 1.66. The van der Waals surface area contributed by atoms with Crippen LogP contribution in [0.1, 0.15) is 43.5 Å². The van der Waals surface area contributed by atoms with Crippen molar-refractivity contribution in [3.8, 4) is 0 Å². The highest BCUT2D eigenvalue weighted by atomic mass is 32.1. The molecule has 0 unspecified atom stereocenters. The standard InChI is InChI=1S/C21H30N4O4S/c1-15-5-2-3-7-21(15)19(27)25(20(28)23-21)14-18(26)22-13-16(17-6-4-12-30-17)24-8-10-29-11-9-24/h4,6,12,15-16H,2-3,5,7-11,13-14H2,1H3,(H,22,26)(H,23,28)/t15-,16+,21+/m1/s1. The van der Waals surface area contributed by atoms with Crippen molar-refractivity contribution in [3.05, 3.63) is 22.4 Å². The summed E-state index contributed by atoms with van der Waals surface area (Å²) in [5.41, 5.74) is -0.830. The van der Waals surface area contributed by atoms with E-state index in [2.05, 4.69) is 21.6 Å². The zero-order valence-electron chi connectivity index (χ0n) is 17.4. The van der Waals surface area contributed by atoms with Gasteiger partial charge in [-0.3, -0.25) is 19.4 Å². The van der Waals surface area contributed by atoms with Crippen LogP contribution in [0.4, 0.5) is 4.79 Å². The number of amides is 4. The number of nitrogens with zero attached hydrogens (tertiary/aromatic N) is 2. The van der Waals surface area contributed by atoms with Crippen molar-refractivity contribution in [2.75, 3.05) is 39.4 Å². The van der Waals surface area contributed by atoms with Crippen molar-refractivity contribution in [1.82, 2.24) is 20.4 Å². The largest absolute Gasteiger partial charge is 0.379 e. The number of carbonyl (C=O) groups is 3. The molecule has 8 nitrogen and oxygen atoms in total. The van der Waals surface area contributed by atoms with Gasteiger partial charge < -0.3 is 15.4 Å². The second kappa shape index (κ2) is 9.03. The van der Waals surface area contributed by atoms with E-state index >= 15 is 0 Å². The number of hydrogen-bond acceptors (Lipinski definition) is 6. The number of urea groups is 1. The van der Waals surface area contributed by atoms with Crippen LogP contribution in [0.5, 0.6) is 0 Å². The van der Waals surface area contributed by atoms with Crippen LogP contribution in [-0.4, -0.2) is 72.6 Å². The fraction of sp³-hybridized carbons (Fsp3) is 0.667. The molecular formula is C21H30N4O4S. The van der Waals surface area contributed by atoms with Crippen molar-refractivity contribution >= 4 is 29.2 Å². The first kappa shape index (κ1) is 21.3. The fourth-order valence-corrected chi connectivity index (χ4v) is 5.69. The molecule has 1 spiro atoms. The summed E-state index contributed by atoms with van der Waals surface area (Å²) in [4.78, 5) is 42.8. The Hall–Kier alpha value is -1.97. The molecule has 9 heteroatoms. The number of rotatable bonds is 6. The summed E-state index contributed by atoms with van der Waals surface area (Å²) in [7, 11) is 0. The molecule has 2 N–H and O–H groups in total. The van der Waals surface area contributed by atoms with Crippen LogP contribution in [0, 0.1) is 5.92 Å². The predicted molar refractivity (Wildman–Crippen MR) is 113 cm³/mol. The molecule has 3 atom stereocenters. The summed E-state index contributed by atoms with van der Waals surface area (Å²) in [6.45, 7) is 5.19. The lowest BCUT2D eigenvalue weighted by Crippen LogP contribution is -2.54. The third kappa shape index (κ3) is 4.10. The maximum atomic E-state index is 13.1. The summed E-state index contributed by atoms with van der Waals surface area (Å²) in [6, 6.07) is 3.69. The fourth-order valence-electron chi connectivity index (χ4n) is 4.83. The highest BCUT2D eigenvalue weighted by Crippen LogP contribution is 2.38. The summed E-state index contributed by atoms with van der Waals surface area (Å²) in [5, 5.41) is 7.88. The van der Waals surface area contributed by atoms with Gasteiger partial charge >= 0.3 is 6.03 Å². The van der Waals surface area contributed by atoms with E-state index in [1.807, 2.05) is 18.4 Å². The van der Waals surface area contributed by atoms with Gasteiger partial charge in [0.15, 0.2) is 0 Å². The lowest BCUT2D eigenvalue weighted by Gasteiger charge is -2.36. The third-order valence-corrected chi connectivity index (χ3v) is 7.63. The number of ether oxygens (including phenoxy) is 1. The summed E-state index contributed by atoms with van der Waals surface area (Å²) in [6.07, 6.45) is 3.54. The highest BCUT2D eigenvalue weighted by Gasteiger charge is 2.55. The Balaban J connectivity index is 1.38. The van der Waals surface area contributed by atoms with E-state index in [4.69, 9.17) is 4.74 Å². The van der Waals surface area contributed by atoms with Crippen molar-refractivity contribution in [3.63, 3.8) is 0 Å². The molecule has 0 bridgehead atoms. The molecule has 2 aliphatic heterocycles. The van der Waals surface area contributed by atoms with E-state index in [9.17, 15) is 14.4 Å². The SMILES string of the molecule is C[C@@H]1CCCC[C@]12NC(=O)N(CC(=O)NC[C@@H](c1cccs1)N1CCOCC1)C2=O. The Morgan fingerprint density at radius 2 is 2.17 bits per heavy atom. The Morgan fingerprint density at radius 1 is 1.37 bits per heavy atom. The van der Waals surface area contributed by atoms with E-state index in [-0.39, 0.29) is 30.3 Å². The number of imide groups is 1. The van der Waals surface area contributed by atoms with Crippen LogP contribution in [-0.2, 0) is 14.3 Å². The minimum Gasteiger partial charge on any atom is -0.379 e. The molecule has 1 saturated carbocycles. The average Bonchev–Trinajstić information content (AvgIpc) is 3.35. The molecule has 4 rings (SSSR count). The predicted octanol–water partition coefficient (Wildman–Crippen LogP) is 1.74. The molecule has 2 saturated heterocycles. The van der Waals surface area contributed by atoms with Crippen molar-refractivity contribution in [2.24, 2.45) is 5.92 Å². The van der Waals surface area contributed by atoms with Crippen LogP contribution < -0.4 is 10.6 Å². The van der Waals surface area contributed by atoms with Crippen LogP contribution in [0.15, 0.2) is 17.5 Å². The lowest BCUT2D eigenvalue weighted by atomic mass is 9.73. The summed E-state index contributed by atoms with van der Waals surface area (Å²) < 4.78 is 5.45. The molecule has 3 heterocycles. The van der Waals surface area contributed by atoms with Crippen LogP contribution in [0.2, 0.25) is 0 Å². The van der Waals surface area contributed by atoms with E-state index in [1.165, 1.54) is 4.88 Å². The van der Waals surface area contributed by atoms with Crippen LogP contribution in [0.3, 0.4) is 0 Å². The van der Waals surface area contributed by atoms with Crippen molar-refractivity contribution in [1.29, 1.82) is 0 Å². The van der Waals surface area contributed by atoms with Gasteiger partial charge in [0.25, 0.3) is 5.91 Å². The first-order valence-corrected chi connectivity index (χ1v) is 11.7.